The van der Waals surface area contributed by atoms with Crippen LogP contribution in [0.3, 0.4) is 0 Å². The average Bonchev–Trinajstić information content (AvgIpc) is 2.76. The van der Waals surface area contributed by atoms with Crippen molar-refractivity contribution in [1.29, 1.82) is 5.26 Å². The summed E-state index contributed by atoms with van der Waals surface area (Å²) in [6.45, 7) is 2.15. The Morgan fingerprint density at radius 3 is 1.70 bits per heavy atom. The van der Waals surface area contributed by atoms with Gasteiger partial charge in [-0.05, 0) is 23.1 Å². The largest absolute Gasteiger partial charge is 0.197 e. The molecule has 0 aliphatic carbocycles. The van der Waals surface area contributed by atoms with Gasteiger partial charge < -0.3 is 0 Å². The zero-order chi connectivity index (χ0) is 19.0. The molecule has 0 aromatic heterocycles. The van der Waals surface area contributed by atoms with Crippen LogP contribution in [0.5, 0.6) is 0 Å². The molecule has 1 nitrogen and oxygen atoms in total. The van der Waals surface area contributed by atoms with Gasteiger partial charge in [-0.25, -0.2) is 0 Å². The monoisotopic (exact) mass is 349 g/mol. The van der Waals surface area contributed by atoms with Crippen LogP contribution in [0.25, 0.3) is 0 Å². The van der Waals surface area contributed by atoms with Crippen molar-refractivity contribution in [3.05, 3.63) is 108 Å². The molecule has 0 N–H and O–H groups in total. The summed E-state index contributed by atoms with van der Waals surface area (Å²) in [5.74, 6) is 6.95. The zero-order valence-corrected chi connectivity index (χ0v) is 15.6. The third kappa shape index (κ3) is 4.11. The van der Waals surface area contributed by atoms with Gasteiger partial charge in [-0.3, -0.25) is 0 Å². The van der Waals surface area contributed by atoms with Crippen LogP contribution in [0.1, 0.15) is 42.4 Å². The van der Waals surface area contributed by atoms with Crippen molar-refractivity contribution in [1.82, 2.24) is 0 Å². The lowest BCUT2D eigenvalue weighted by atomic mass is 9.73. The van der Waals surface area contributed by atoms with Gasteiger partial charge in [0.2, 0.25) is 0 Å². The van der Waals surface area contributed by atoms with Crippen LogP contribution >= 0.6 is 0 Å². The van der Waals surface area contributed by atoms with Crippen molar-refractivity contribution in [2.75, 3.05) is 0 Å². The molecule has 3 aromatic rings. The topological polar surface area (TPSA) is 23.8 Å². The van der Waals surface area contributed by atoms with E-state index in [1.165, 1.54) is 5.56 Å². The Hall–Kier alpha value is -3.29. The van der Waals surface area contributed by atoms with Crippen molar-refractivity contribution >= 4 is 0 Å². The molecule has 0 fully saturated rings. The van der Waals surface area contributed by atoms with Gasteiger partial charge in [-0.15, -0.1) is 5.92 Å². The van der Waals surface area contributed by atoms with E-state index in [4.69, 9.17) is 0 Å². The molecule has 0 aliphatic heterocycles. The second-order valence-electron chi connectivity index (χ2n) is 6.62. The Balaban J connectivity index is 1.98. The number of hydrogen-bond donors (Lipinski definition) is 0. The Kier molecular flexibility index (Phi) is 6.09. The van der Waals surface area contributed by atoms with Gasteiger partial charge in [0.15, 0.2) is 0 Å². The summed E-state index contributed by atoms with van der Waals surface area (Å²) in [6, 6.07) is 32.9. The molecule has 0 bridgehead atoms. The van der Waals surface area contributed by atoms with Gasteiger partial charge in [0.1, 0.15) is 5.41 Å². The van der Waals surface area contributed by atoms with E-state index in [2.05, 4.69) is 37.0 Å². The Bertz CT molecular complexity index is 902. The fourth-order valence-corrected chi connectivity index (χ4v) is 3.40. The van der Waals surface area contributed by atoms with Gasteiger partial charge in [-0.2, -0.15) is 5.26 Å². The lowest BCUT2D eigenvalue weighted by Crippen LogP contribution is -2.25. The molecule has 0 radical (unpaired) electrons. The van der Waals surface area contributed by atoms with Crippen molar-refractivity contribution < 1.29 is 0 Å². The highest BCUT2D eigenvalue weighted by Gasteiger charge is 2.33. The Morgan fingerprint density at radius 2 is 1.26 bits per heavy atom. The first-order chi connectivity index (χ1) is 13.3. The van der Waals surface area contributed by atoms with E-state index in [1.807, 2.05) is 78.9 Å². The molecule has 0 amide bonds. The highest BCUT2D eigenvalue weighted by Crippen LogP contribution is 2.35. The van der Waals surface area contributed by atoms with Gasteiger partial charge in [-0.1, -0.05) is 104 Å². The quantitative estimate of drug-likeness (QED) is 0.512. The summed E-state index contributed by atoms with van der Waals surface area (Å²) in [5.41, 5.74) is 2.45. The van der Waals surface area contributed by atoms with Crippen LogP contribution < -0.4 is 0 Å². The Labute approximate surface area is 162 Å². The molecule has 27 heavy (non-hydrogen) atoms. The molecular formula is C26H23N. The van der Waals surface area contributed by atoms with Gasteiger partial charge in [0.25, 0.3) is 0 Å². The minimum atomic E-state index is -0.759. The molecule has 0 heterocycles. The first kappa shape index (κ1) is 18.5. The van der Waals surface area contributed by atoms with Crippen molar-refractivity contribution in [2.24, 2.45) is 0 Å². The maximum Gasteiger partial charge on any atom is 0.118 e. The van der Waals surface area contributed by atoms with Crippen LogP contribution in [0.15, 0.2) is 91.0 Å². The zero-order valence-electron chi connectivity index (χ0n) is 15.6. The second kappa shape index (κ2) is 8.88. The SMILES string of the molecule is CC[C@@H](C#CCC(C#N)(c1ccccc1)c1ccccc1)c1ccccc1. The average molecular weight is 349 g/mol. The van der Waals surface area contributed by atoms with Gasteiger partial charge in [0.05, 0.1) is 6.07 Å². The predicted octanol–water partition coefficient (Wildman–Crippen LogP) is 6.08. The molecule has 0 saturated carbocycles. The van der Waals surface area contributed by atoms with E-state index in [0.29, 0.717) is 6.42 Å². The van der Waals surface area contributed by atoms with E-state index in [0.717, 1.165) is 17.5 Å². The number of rotatable bonds is 5. The lowest BCUT2D eigenvalue weighted by Gasteiger charge is -2.26. The number of benzene rings is 3. The van der Waals surface area contributed by atoms with Crippen molar-refractivity contribution in [2.45, 2.75) is 31.1 Å². The molecule has 0 aliphatic rings. The van der Waals surface area contributed by atoms with Crippen LogP contribution in [0, 0.1) is 23.2 Å². The molecule has 1 atom stereocenters. The van der Waals surface area contributed by atoms with E-state index in [-0.39, 0.29) is 5.92 Å². The Morgan fingerprint density at radius 1 is 0.778 bits per heavy atom. The number of hydrogen-bond acceptors (Lipinski definition) is 1. The molecule has 3 rings (SSSR count). The van der Waals surface area contributed by atoms with Gasteiger partial charge >= 0.3 is 0 Å². The van der Waals surface area contributed by atoms with Gasteiger partial charge in [0, 0.05) is 12.3 Å². The first-order valence-electron chi connectivity index (χ1n) is 9.36. The summed E-state index contributed by atoms with van der Waals surface area (Å²) in [5, 5.41) is 10.2. The highest BCUT2D eigenvalue weighted by molar-refractivity contribution is 5.47. The number of nitriles is 1. The van der Waals surface area contributed by atoms with Crippen LogP contribution in [0.2, 0.25) is 0 Å². The molecule has 0 saturated heterocycles. The van der Waals surface area contributed by atoms with Crippen molar-refractivity contribution in [3.8, 4) is 17.9 Å². The normalized spacial score (nSPS) is 11.7. The first-order valence-corrected chi connectivity index (χ1v) is 9.36. The molecule has 0 spiro atoms. The third-order valence-electron chi connectivity index (χ3n) is 4.96. The fourth-order valence-electron chi connectivity index (χ4n) is 3.40. The summed E-state index contributed by atoms with van der Waals surface area (Å²) in [6.07, 6.45) is 1.42. The lowest BCUT2D eigenvalue weighted by molar-refractivity contribution is 0.680. The summed E-state index contributed by atoms with van der Waals surface area (Å²) in [7, 11) is 0. The molecule has 132 valence electrons. The smallest absolute Gasteiger partial charge is 0.118 e. The van der Waals surface area contributed by atoms with Crippen molar-refractivity contribution in [3.63, 3.8) is 0 Å². The van der Waals surface area contributed by atoms with Crippen LogP contribution in [0.4, 0.5) is 0 Å². The van der Waals surface area contributed by atoms with E-state index in [9.17, 15) is 5.26 Å². The maximum atomic E-state index is 10.2. The summed E-state index contributed by atoms with van der Waals surface area (Å²) in [4.78, 5) is 0. The van der Waals surface area contributed by atoms with Crippen LogP contribution in [-0.2, 0) is 5.41 Å². The van der Waals surface area contributed by atoms with E-state index < -0.39 is 5.41 Å². The van der Waals surface area contributed by atoms with Crippen LogP contribution in [-0.4, -0.2) is 0 Å². The maximum absolute atomic E-state index is 10.2. The minimum Gasteiger partial charge on any atom is -0.197 e. The fraction of sp³-hybridized carbons (Fsp3) is 0.192. The second-order valence-corrected chi connectivity index (χ2v) is 6.62. The van der Waals surface area contributed by atoms with E-state index in [1.54, 1.807) is 0 Å². The summed E-state index contributed by atoms with van der Waals surface area (Å²) >= 11 is 0. The molecular weight excluding hydrogens is 326 g/mol. The molecule has 0 unspecified atom stereocenters. The van der Waals surface area contributed by atoms with E-state index >= 15 is 0 Å². The molecule has 1 heteroatoms. The molecule has 3 aromatic carbocycles. The minimum absolute atomic E-state index is 0.189. The number of nitrogens with zero attached hydrogens (tertiary/aromatic N) is 1. The standard InChI is InChI=1S/C26H23N/c1-2-22(23-13-6-3-7-14-23)15-12-20-26(21-27,24-16-8-4-9-17-24)25-18-10-5-11-19-25/h3-11,13-14,16-19,22H,2,20H2,1H3/t22-/m0/s1. The predicted molar refractivity (Wildman–Crippen MR) is 111 cm³/mol. The highest BCUT2D eigenvalue weighted by atomic mass is 14.4. The summed E-state index contributed by atoms with van der Waals surface area (Å²) < 4.78 is 0. The third-order valence-corrected chi connectivity index (χ3v) is 4.96.